The van der Waals surface area contributed by atoms with Crippen molar-refractivity contribution >= 4 is 35.0 Å². The molecule has 9 heteroatoms. The molecule has 0 saturated heterocycles. The summed E-state index contributed by atoms with van der Waals surface area (Å²) < 4.78 is 10.9. The van der Waals surface area contributed by atoms with Gasteiger partial charge in [0.1, 0.15) is 29.7 Å². The molecular weight excluding hydrogens is 446 g/mol. The van der Waals surface area contributed by atoms with Crippen molar-refractivity contribution in [2.45, 2.75) is 6.61 Å². The molecule has 8 nitrogen and oxygen atoms in total. The van der Waals surface area contributed by atoms with Crippen LogP contribution < -0.4 is 14.8 Å². The summed E-state index contributed by atoms with van der Waals surface area (Å²) in [5.74, 6) is 0.0154. The van der Waals surface area contributed by atoms with Crippen LogP contribution >= 0.6 is 11.6 Å². The molecule has 0 unspecified atom stereocenters. The van der Waals surface area contributed by atoms with E-state index in [1.165, 1.54) is 25.3 Å². The standard InChI is InChI=1S/C24H18ClN3O5/c1-32-23-10-9-19(28(30)31)13-22(23)27-24(29)18(14-26)11-16-5-4-7-20(12-16)33-15-17-6-2-3-8-21(17)25/h2-13H,15H2,1H3,(H,27,29)/b18-11+. The molecule has 0 radical (unpaired) electrons. The van der Waals surface area contributed by atoms with Gasteiger partial charge in [-0.15, -0.1) is 0 Å². The number of nitrogens with one attached hydrogen (secondary N) is 1. The number of amides is 1. The molecule has 0 aliphatic heterocycles. The minimum absolute atomic E-state index is 0.0784. The van der Waals surface area contributed by atoms with E-state index in [2.05, 4.69) is 5.32 Å². The fraction of sp³-hybridized carbons (Fsp3) is 0.0833. The Morgan fingerprint density at radius 2 is 1.97 bits per heavy atom. The molecule has 0 fully saturated rings. The van der Waals surface area contributed by atoms with Gasteiger partial charge in [0.05, 0.1) is 17.7 Å². The number of nitro benzene ring substituents is 1. The first-order chi connectivity index (χ1) is 15.9. The second-order valence-corrected chi connectivity index (χ2v) is 7.13. The zero-order valence-electron chi connectivity index (χ0n) is 17.4. The number of nitrogens with zero attached hydrogens (tertiary/aromatic N) is 2. The first-order valence-corrected chi connectivity index (χ1v) is 10.0. The van der Waals surface area contributed by atoms with E-state index in [9.17, 15) is 20.2 Å². The number of nitro groups is 1. The number of benzene rings is 3. The number of hydrogen-bond acceptors (Lipinski definition) is 6. The summed E-state index contributed by atoms with van der Waals surface area (Å²) in [6.07, 6.45) is 1.39. The number of hydrogen-bond donors (Lipinski definition) is 1. The SMILES string of the molecule is COc1ccc([N+](=O)[O-])cc1NC(=O)/C(C#N)=C/c1cccc(OCc2ccccc2Cl)c1. The van der Waals surface area contributed by atoms with Crippen LogP contribution in [-0.2, 0) is 11.4 Å². The van der Waals surface area contributed by atoms with Crippen LogP contribution in [0.1, 0.15) is 11.1 Å². The van der Waals surface area contributed by atoms with Crippen molar-refractivity contribution in [2.24, 2.45) is 0 Å². The maximum atomic E-state index is 12.7. The molecule has 0 aliphatic carbocycles. The summed E-state index contributed by atoms with van der Waals surface area (Å²) in [6.45, 7) is 0.255. The van der Waals surface area contributed by atoms with E-state index < -0.39 is 10.8 Å². The number of rotatable bonds is 8. The van der Waals surface area contributed by atoms with Gasteiger partial charge < -0.3 is 14.8 Å². The Balaban J connectivity index is 1.78. The molecule has 166 valence electrons. The molecule has 3 rings (SSSR count). The topological polar surface area (TPSA) is 114 Å². The number of nitriles is 1. The highest BCUT2D eigenvalue weighted by Crippen LogP contribution is 2.29. The van der Waals surface area contributed by atoms with E-state index in [0.717, 1.165) is 11.6 Å². The van der Waals surface area contributed by atoms with Gasteiger partial charge in [-0.05, 0) is 35.9 Å². The molecule has 3 aromatic rings. The van der Waals surface area contributed by atoms with E-state index >= 15 is 0 Å². The van der Waals surface area contributed by atoms with Crippen molar-refractivity contribution in [1.29, 1.82) is 5.26 Å². The maximum absolute atomic E-state index is 12.7. The van der Waals surface area contributed by atoms with Gasteiger partial charge in [0.2, 0.25) is 0 Å². The zero-order valence-corrected chi connectivity index (χ0v) is 18.2. The molecular formula is C24H18ClN3O5. The third-order valence-electron chi connectivity index (χ3n) is 4.53. The number of non-ortho nitro benzene ring substituents is 1. The average Bonchev–Trinajstić information content (AvgIpc) is 2.82. The summed E-state index contributed by atoms with van der Waals surface area (Å²) in [5.41, 5.74) is 1.03. The first kappa shape index (κ1) is 23.3. The van der Waals surface area contributed by atoms with Crippen molar-refractivity contribution in [2.75, 3.05) is 12.4 Å². The second-order valence-electron chi connectivity index (χ2n) is 6.72. The van der Waals surface area contributed by atoms with Gasteiger partial charge >= 0.3 is 0 Å². The summed E-state index contributed by atoms with van der Waals surface area (Å²) >= 11 is 6.14. The quantitative estimate of drug-likeness (QED) is 0.207. The first-order valence-electron chi connectivity index (χ1n) is 9.63. The fourth-order valence-corrected chi connectivity index (χ4v) is 3.07. The van der Waals surface area contributed by atoms with Gasteiger partial charge in [-0.3, -0.25) is 14.9 Å². The minimum Gasteiger partial charge on any atom is -0.495 e. The Labute approximate surface area is 194 Å². The molecule has 0 bridgehead atoms. The predicted molar refractivity (Wildman–Crippen MR) is 124 cm³/mol. The number of carbonyl (C=O) groups is 1. The van der Waals surface area contributed by atoms with Crippen LogP contribution in [0.15, 0.2) is 72.3 Å². The summed E-state index contributed by atoms with van der Waals surface area (Å²) in [7, 11) is 1.37. The Bertz CT molecular complexity index is 1270. The molecule has 0 aliphatic rings. The van der Waals surface area contributed by atoms with Crippen LogP contribution in [-0.4, -0.2) is 17.9 Å². The Morgan fingerprint density at radius 3 is 2.67 bits per heavy atom. The van der Waals surface area contributed by atoms with Crippen LogP contribution in [0, 0.1) is 21.4 Å². The van der Waals surface area contributed by atoms with Crippen LogP contribution in [0.5, 0.6) is 11.5 Å². The summed E-state index contributed by atoms with van der Waals surface area (Å²) in [6, 6.07) is 19.8. The monoisotopic (exact) mass is 463 g/mol. The van der Waals surface area contributed by atoms with Crippen molar-refractivity contribution in [1.82, 2.24) is 0 Å². The normalized spacial score (nSPS) is 10.8. The minimum atomic E-state index is -0.737. The molecule has 1 N–H and O–H groups in total. The lowest BCUT2D eigenvalue weighted by molar-refractivity contribution is -0.384. The highest BCUT2D eigenvalue weighted by Gasteiger charge is 2.16. The summed E-state index contributed by atoms with van der Waals surface area (Å²) in [5, 5.41) is 23.6. The van der Waals surface area contributed by atoms with Crippen LogP contribution in [0.25, 0.3) is 6.08 Å². The van der Waals surface area contributed by atoms with Crippen molar-refractivity contribution in [3.05, 3.63) is 98.6 Å². The van der Waals surface area contributed by atoms with Gasteiger partial charge in [0.15, 0.2) is 0 Å². The summed E-state index contributed by atoms with van der Waals surface area (Å²) in [4.78, 5) is 23.1. The largest absolute Gasteiger partial charge is 0.495 e. The third-order valence-corrected chi connectivity index (χ3v) is 4.90. The molecule has 1 amide bonds. The number of anilines is 1. The molecule has 0 saturated carbocycles. The lowest BCUT2D eigenvalue weighted by atomic mass is 10.1. The average molecular weight is 464 g/mol. The van der Waals surface area contributed by atoms with Crippen molar-refractivity contribution < 1.29 is 19.2 Å². The molecule has 0 aromatic heterocycles. The molecule has 0 atom stereocenters. The zero-order chi connectivity index (χ0) is 23.8. The van der Waals surface area contributed by atoms with Gasteiger partial charge in [-0.2, -0.15) is 5.26 Å². The van der Waals surface area contributed by atoms with E-state index in [1.54, 1.807) is 30.3 Å². The highest BCUT2D eigenvalue weighted by atomic mass is 35.5. The number of methoxy groups -OCH3 is 1. The van der Waals surface area contributed by atoms with Crippen LogP contribution in [0.2, 0.25) is 5.02 Å². The van der Waals surface area contributed by atoms with Crippen molar-refractivity contribution in [3.63, 3.8) is 0 Å². The van der Waals surface area contributed by atoms with Gasteiger partial charge in [-0.25, -0.2) is 0 Å². The lowest BCUT2D eigenvalue weighted by Crippen LogP contribution is -2.14. The second kappa shape index (κ2) is 10.8. The molecule has 0 heterocycles. The number of halogens is 1. The number of ether oxygens (including phenoxy) is 2. The van der Waals surface area contributed by atoms with Gasteiger partial charge in [0, 0.05) is 22.7 Å². The number of carbonyl (C=O) groups excluding carboxylic acids is 1. The highest BCUT2D eigenvalue weighted by molar-refractivity contribution is 6.31. The fourth-order valence-electron chi connectivity index (χ4n) is 2.88. The Hall–Kier alpha value is -4.35. The third kappa shape index (κ3) is 6.09. The lowest BCUT2D eigenvalue weighted by Gasteiger charge is -2.10. The molecule has 0 spiro atoms. The van der Waals surface area contributed by atoms with Gasteiger partial charge in [-0.1, -0.05) is 41.9 Å². The van der Waals surface area contributed by atoms with E-state index in [1.807, 2.05) is 24.3 Å². The van der Waals surface area contributed by atoms with E-state index in [0.29, 0.717) is 16.3 Å². The molecule has 33 heavy (non-hydrogen) atoms. The van der Waals surface area contributed by atoms with Crippen LogP contribution in [0.3, 0.4) is 0 Å². The van der Waals surface area contributed by atoms with Crippen LogP contribution in [0.4, 0.5) is 11.4 Å². The Kier molecular flexibility index (Phi) is 7.63. The smallest absolute Gasteiger partial charge is 0.271 e. The van der Waals surface area contributed by atoms with Crippen molar-refractivity contribution in [3.8, 4) is 17.6 Å². The maximum Gasteiger partial charge on any atom is 0.271 e. The van der Waals surface area contributed by atoms with E-state index in [4.69, 9.17) is 21.1 Å². The van der Waals surface area contributed by atoms with Gasteiger partial charge in [0.25, 0.3) is 11.6 Å². The van der Waals surface area contributed by atoms with E-state index in [-0.39, 0.29) is 29.3 Å². The Morgan fingerprint density at radius 1 is 1.18 bits per heavy atom. The predicted octanol–water partition coefficient (Wildman–Crippen LogP) is 5.38. The molecule has 3 aromatic carbocycles.